The van der Waals surface area contributed by atoms with Crippen molar-refractivity contribution in [2.75, 3.05) is 18.5 Å². The van der Waals surface area contributed by atoms with Crippen LogP contribution in [-0.2, 0) is 20.9 Å². The largest absolute Gasteiger partial charge is 0.374 e. The average molecular weight is 443 g/mol. The van der Waals surface area contributed by atoms with Gasteiger partial charge in [0.1, 0.15) is 12.1 Å². The quantitative estimate of drug-likeness (QED) is 0.638. The first-order valence-electron chi connectivity index (χ1n) is 10.1. The molecule has 0 bridgehead atoms. The first-order chi connectivity index (χ1) is 15.0. The number of rotatable bonds is 6. The van der Waals surface area contributed by atoms with E-state index in [9.17, 15) is 14.4 Å². The highest BCUT2D eigenvalue weighted by Crippen LogP contribution is 2.23. The number of carbonyl (C=O) groups is 3. The maximum atomic E-state index is 12.8. The van der Waals surface area contributed by atoms with Gasteiger partial charge in [-0.2, -0.15) is 0 Å². The fourth-order valence-corrected chi connectivity index (χ4v) is 3.96. The summed E-state index contributed by atoms with van der Waals surface area (Å²) in [5.74, 6) is -0.421. The molecule has 4 amide bonds. The zero-order chi connectivity index (χ0) is 21.8. The van der Waals surface area contributed by atoms with Gasteiger partial charge in [0.2, 0.25) is 11.8 Å². The summed E-state index contributed by atoms with van der Waals surface area (Å²) >= 11 is 5.85. The molecular formula is C22H23ClN4O4. The number of hydrogen-bond donors (Lipinski definition) is 3. The van der Waals surface area contributed by atoms with Crippen LogP contribution >= 0.6 is 11.6 Å². The number of piperazine rings is 1. The molecule has 0 aliphatic carbocycles. The Morgan fingerprint density at radius 1 is 1.13 bits per heavy atom. The minimum Gasteiger partial charge on any atom is -0.374 e. The van der Waals surface area contributed by atoms with Crippen LogP contribution in [0.3, 0.4) is 0 Å². The van der Waals surface area contributed by atoms with E-state index in [1.807, 2.05) is 30.3 Å². The topological polar surface area (TPSA) is 99.8 Å². The summed E-state index contributed by atoms with van der Waals surface area (Å²) in [6, 6.07) is 14.3. The molecule has 162 valence electrons. The summed E-state index contributed by atoms with van der Waals surface area (Å²) in [6.45, 7) is 0.733. The van der Waals surface area contributed by atoms with Crippen LogP contribution in [0.5, 0.6) is 0 Å². The fraction of sp³-hybridized carbons (Fsp3) is 0.318. The van der Waals surface area contributed by atoms with E-state index in [1.165, 1.54) is 4.90 Å². The van der Waals surface area contributed by atoms with E-state index in [1.54, 1.807) is 24.3 Å². The number of anilines is 1. The van der Waals surface area contributed by atoms with Crippen molar-refractivity contribution < 1.29 is 19.1 Å². The number of nitrogens with one attached hydrogen (secondary N) is 3. The van der Waals surface area contributed by atoms with E-state index >= 15 is 0 Å². The molecule has 2 heterocycles. The fourth-order valence-electron chi connectivity index (χ4n) is 3.83. The third-order valence-corrected chi connectivity index (χ3v) is 5.59. The molecule has 0 saturated carbocycles. The average Bonchev–Trinajstić information content (AvgIpc) is 3.18. The number of urea groups is 1. The molecule has 0 aromatic heterocycles. The Balaban J connectivity index is 1.29. The maximum Gasteiger partial charge on any atom is 0.319 e. The normalized spacial score (nSPS) is 22.6. The monoisotopic (exact) mass is 442 g/mol. The van der Waals surface area contributed by atoms with Gasteiger partial charge in [-0.15, -0.1) is 0 Å². The van der Waals surface area contributed by atoms with Gasteiger partial charge < -0.3 is 25.6 Å². The lowest BCUT2D eigenvalue weighted by atomic mass is 10.1. The molecule has 4 rings (SSSR count). The van der Waals surface area contributed by atoms with Crippen molar-refractivity contribution in [3.05, 3.63) is 65.2 Å². The first-order valence-corrected chi connectivity index (χ1v) is 10.4. The number of hydrogen-bond acceptors (Lipinski definition) is 4. The Morgan fingerprint density at radius 3 is 2.61 bits per heavy atom. The molecule has 3 atom stereocenters. The highest BCUT2D eigenvalue weighted by molar-refractivity contribution is 6.30. The lowest BCUT2D eigenvalue weighted by Gasteiger charge is -2.34. The summed E-state index contributed by atoms with van der Waals surface area (Å²) in [6.07, 6.45) is 0.364. The molecule has 2 aliphatic rings. The van der Waals surface area contributed by atoms with Crippen molar-refractivity contribution in [2.24, 2.45) is 0 Å². The molecule has 9 heteroatoms. The molecule has 0 radical (unpaired) electrons. The van der Waals surface area contributed by atoms with Gasteiger partial charge in [0, 0.05) is 17.3 Å². The van der Waals surface area contributed by atoms with E-state index in [-0.39, 0.29) is 31.0 Å². The van der Waals surface area contributed by atoms with E-state index in [0.717, 1.165) is 5.56 Å². The molecule has 3 N–H and O–H groups in total. The standard InChI is InChI=1S/C22H23ClN4O4/c23-15-6-8-16(9-7-15)24-22(30)25-17-10-19-20(28)26-18(21(29)27(19)11-17)13-31-12-14-4-2-1-3-5-14/h1-9,17-19H,10-13H2,(H,26,28)(H2,24,25,30)/t17-,18-,19-/m0/s1. The number of carbonyl (C=O) groups excluding carboxylic acids is 3. The molecule has 2 aromatic carbocycles. The van der Waals surface area contributed by atoms with Gasteiger partial charge in [-0.3, -0.25) is 9.59 Å². The van der Waals surface area contributed by atoms with E-state index in [2.05, 4.69) is 16.0 Å². The highest BCUT2D eigenvalue weighted by atomic mass is 35.5. The van der Waals surface area contributed by atoms with Crippen LogP contribution in [0.2, 0.25) is 5.02 Å². The van der Waals surface area contributed by atoms with Crippen LogP contribution in [-0.4, -0.2) is 54.0 Å². The third kappa shape index (κ3) is 5.15. The van der Waals surface area contributed by atoms with Crippen molar-refractivity contribution in [3.8, 4) is 0 Å². The van der Waals surface area contributed by atoms with Gasteiger partial charge in [0.15, 0.2) is 0 Å². The number of fused-ring (bicyclic) bond motifs is 1. The van der Waals surface area contributed by atoms with Crippen LogP contribution < -0.4 is 16.0 Å². The summed E-state index contributed by atoms with van der Waals surface area (Å²) < 4.78 is 5.64. The Labute approximate surface area is 184 Å². The van der Waals surface area contributed by atoms with E-state index in [4.69, 9.17) is 16.3 Å². The molecule has 2 fully saturated rings. The first kappa shape index (κ1) is 21.1. The van der Waals surface area contributed by atoms with Crippen LogP contribution in [0, 0.1) is 0 Å². The van der Waals surface area contributed by atoms with Gasteiger partial charge >= 0.3 is 6.03 Å². The minimum atomic E-state index is -0.728. The summed E-state index contributed by atoms with van der Waals surface area (Å²) in [5.41, 5.74) is 1.59. The lowest BCUT2D eigenvalue weighted by molar-refractivity contribution is -0.148. The van der Waals surface area contributed by atoms with Gasteiger partial charge in [-0.05, 0) is 36.2 Å². The highest BCUT2D eigenvalue weighted by Gasteiger charge is 2.46. The molecule has 2 aromatic rings. The van der Waals surface area contributed by atoms with Crippen molar-refractivity contribution in [1.29, 1.82) is 0 Å². The van der Waals surface area contributed by atoms with Crippen LogP contribution in [0.15, 0.2) is 54.6 Å². The van der Waals surface area contributed by atoms with Gasteiger partial charge in [-0.25, -0.2) is 4.79 Å². The summed E-state index contributed by atoms with van der Waals surface area (Å²) in [5, 5.41) is 8.87. The molecule has 0 unspecified atom stereocenters. The Kier molecular flexibility index (Phi) is 6.39. The van der Waals surface area contributed by atoms with E-state index in [0.29, 0.717) is 23.7 Å². The van der Waals surface area contributed by atoms with Crippen molar-refractivity contribution in [1.82, 2.24) is 15.5 Å². The predicted octanol–water partition coefficient (Wildman–Crippen LogP) is 2.15. The van der Waals surface area contributed by atoms with Gasteiger partial charge in [-0.1, -0.05) is 41.9 Å². The van der Waals surface area contributed by atoms with E-state index < -0.39 is 18.1 Å². The second-order valence-corrected chi connectivity index (χ2v) is 8.04. The minimum absolute atomic E-state index is 0.0951. The number of nitrogens with zero attached hydrogens (tertiary/aromatic N) is 1. The Morgan fingerprint density at radius 2 is 1.87 bits per heavy atom. The Bertz CT molecular complexity index is 954. The Hall–Kier alpha value is -3.10. The lowest BCUT2D eigenvalue weighted by Crippen LogP contribution is -2.62. The van der Waals surface area contributed by atoms with Crippen molar-refractivity contribution in [2.45, 2.75) is 31.2 Å². The number of ether oxygens (including phenoxy) is 1. The second kappa shape index (κ2) is 9.36. The van der Waals surface area contributed by atoms with Gasteiger partial charge in [0.25, 0.3) is 0 Å². The van der Waals surface area contributed by atoms with Crippen LogP contribution in [0.1, 0.15) is 12.0 Å². The zero-order valence-electron chi connectivity index (χ0n) is 16.7. The van der Waals surface area contributed by atoms with Crippen molar-refractivity contribution in [3.63, 3.8) is 0 Å². The second-order valence-electron chi connectivity index (χ2n) is 7.61. The molecule has 8 nitrogen and oxygen atoms in total. The molecule has 0 spiro atoms. The molecule has 2 saturated heterocycles. The third-order valence-electron chi connectivity index (χ3n) is 5.33. The number of benzene rings is 2. The van der Waals surface area contributed by atoms with Crippen LogP contribution in [0.25, 0.3) is 0 Å². The summed E-state index contributed by atoms with van der Waals surface area (Å²) in [4.78, 5) is 39.2. The SMILES string of the molecule is O=C(Nc1ccc(Cl)cc1)N[C@H]1C[C@H]2C(=O)N[C@@H](COCc3ccccc3)C(=O)N2C1. The molecular weight excluding hydrogens is 420 g/mol. The predicted molar refractivity (Wildman–Crippen MR) is 116 cm³/mol. The smallest absolute Gasteiger partial charge is 0.319 e. The number of halogens is 1. The van der Waals surface area contributed by atoms with Gasteiger partial charge in [0.05, 0.1) is 19.3 Å². The summed E-state index contributed by atoms with van der Waals surface area (Å²) in [7, 11) is 0. The molecule has 31 heavy (non-hydrogen) atoms. The van der Waals surface area contributed by atoms with Crippen LogP contribution in [0.4, 0.5) is 10.5 Å². The maximum absolute atomic E-state index is 12.8. The molecule has 2 aliphatic heterocycles. The van der Waals surface area contributed by atoms with Crippen molar-refractivity contribution >= 4 is 35.1 Å². The zero-order valence-corrected chi connectivity index (χ0v) is 17.5. The number of amides is 4.